The van der Waals surface area contributed by atoms with Crippen LogP contribution in [0.25, 0.3) is 0 Å². The molecule has 0 saturated carbocycles. The summed E-state index contributed by atoms with van der Waals surface area (Å²) in [5.74, 6) is 0.159. The predicted octanol–water partition coefficient (Wildman–Crippen LogP) is 0.728. The Balaban J connectivity index is 1.95. The van der Waals surface area contributed by atoms with Crippen molar-refractivity contribution in [3.8, 4) is 5.75 Å². The topological polar surface area (TPSA) is 73.7 Å². The zero-order chi connectivity index (χ0) is 14.7. The summed E-state index contributed by atoms with van der Waals surface area (Å²) in [5, 5.41) is 9.16. The van der Waals surface area contributed by atoms with Crippen LogP contribution in [-0.4, -0.2) is 58.4 Å². The molecule has 0 bridgehead atoms. The summed E-state index contributed by atoms with van der Waals surface area (Å²) in [7, 11) is 1.70. The van der Waals surface area contributed by atoms with E-state index in [2.05, 4.69) is 4.98 Å². The number of rotatable bonds is 4. The molecule has 6 nitrogen and oxygen atoms in total. The highest BCUT2D eigenvalue weighted by Crippen LogP contribution is 2.19. The summed E-state index contributed by atoms with van der Waals surface area (Å²) in [4.78, 5) is 31.1. The molecule has 2 amide bonds. The lowest BCUT2D eigenvalue weighted by molar-refractivity contribution is -0.127. The highest BCUT2D eigenvalue weighted by Gasteiger charge is 2.30. The summed E-state index contributed by atoms with van der Waals surface area (Å²) in [6.07, 6.45) is 1.74. The molecule has 1 saturated heterocycles. The van der Waals surface area contributed by atoms with Crippen LogP contribution >= 0.6 is 0 Å². The van der Waals surface area contributed by atoms with Crippen molar-refractivity contribution in [1.29, 1.82) is 0 Å². The second-order valence-corrected chi connectivity index (χ2v) is 5.09. The monoisotopic (exact) mass is 277 g/mol. The minimum Gasteiger partial charge on any atom is -0.506 e. The molecule has 0 unspecified atom stereocenters. The van der Waals surface area contributed by atoms with E-state index in [1.54, 1.807) is 11.9 Å². The quantitative estimate of drug-likeness (QED) is 0.880. The van der Waals surface area contributed by atoms with Crippen molar-refractivity contribution >= 4 is 11.8 Å². The van der Waals surface area contributed by atoms with E-state index in [0.29, 0.717) is 31.7 Å². The number of pyridine rings is 1. The molecular formula is C14H19N3O3. The third-order valence-corrected chi connectivity index (χ3v) is 3.52. The van der Waals surface area contributed by atoms with Crippen molar-refractivity contribution in [2.24, 2.45) is 5.92 Å². The minimum atomic E-state index is -0.201. The molecule has 6 heteroatoms. The first-order chi connectivity index (χ1) is 9.51. The molecule has 1 aromatic heterocycles. The predicted molar refractivity (Wildman–Crippen MR) is 73.2 cm³/mol. The zero-order valence-electron chi connectivity index (χ0n) is 11.7. The Morgan fingerprint density at radius 3 is 2.85 bits per heavy atom. The Morgan fingerprint density at radius 1 is 1.55 bits per heavy atom. The van der Waals surface area contributed by atoms with Gasteiger partial charge in [0.2, 0.25) is 5.91 Å². The number of carbonyl (C=O) groups excluding carboxylic acids is 2. The first-order valence-electron chi connectivity index (χ1n) is 6.69. The van der Waals surface area contributed by atoms with Crippen LogP contribution in [0.2, 0.25) is 0 Å². The number of hydrogen-bond donors (Lipinski definition) is 1. The summed E-state index contributed by atoms with van der Waals surface area (Å²) >= 11 is 0. The average molecular weight is 277 g/mol. The van der Waals surface area contributed by atoms with E-state index >= 15 is 0 Å². The van der Waals surface area contributed by atoms with Crippen molar-refractivity contribution < 1.29 is 14.7 Å². The number of carbonyl (C=O) groups is 2. The van der Waals surface area contributed by atoms with Gasteiger partial charge in [0, 0.05) is 39.0 Å². The normalized spacial score (nSPS) is 18.4. The van der Waals surface area contributed by atoms with Gasteiger partial charge in [0.05, 0.1) is 6.20 Å². The lowest BCUT2D eigenvalue weighted by Gasteiger charge is -2.21. The SMILES string of the molecule is CCN1C[C@H](CN(C)C(=O)c2ccc(O)cn2)CC1=O. The molecule has 1 aromatic rings. The third kappa shape index (κ3) is 3.07. The molecule has 0 aliphatic carbocycles. The molecular weight excluding hydrogens is 258 g/mol. The Hall–Kier alpha value is -2.11. The van der Waals surface area contributed by atoms with Crippen molar-refractivity contribution in [1.82, 2.24) is 14.8 Å². The molecule has 1 aliphatic rings. The fraction of sp³-hybridized carbons (Fsp3) is 0.500. The van der Waals surface area contributed by atoms with Gasteiger partial charge in [-0.1, -0.05) is 0 Å². The van der Waals surface area contributed by atoms with Crippen LogP contribution in [-0.2, 0) is 4.79 Å². The van der Waals surface area contributed by atoms with Gasteiger partial charge in [0.15, 0.2) is 0 Å². The molecule has 1 atom stereocenters. The van der Waals surface area contributed by atoms with Crippen LogP contribution in [0.5, 0.6) is 5.75 Å². The molecule has 108 valence electrons. The number of nitrogens with zero attached hydrogens (tertiary/aromatic N) is 3. The minimum absolute atomic E-state index is 0.0316. The van der Waals surface area contributed by atoms with Crippen LogP contribution in [0.15, 0.2) is 18.3 Å². The summed E-state index contributed by atoms with van der Waals surface area (Å²) in [6.45, 7) is 3.90. The third-order valence-electron chi connectivity index (χ3n) is 3.52. The molecule has 1 aliphatic heterocycles. The van der Waals surface area contributed by atoms with Crippen LogP contribution in [0.4, 0.5) is 0 Å². The van der Waals surface area contributed by atoms with E-state index in [9.17, 15) is 9.59 Å². The molecule has 0 aromatic carbocycles. The molecule has 1 fully saturated rings. The second kappa shape index (κ2) is 5.90. The fourth-order valence-electron chi connectivity index (χ4n) is 2.46. The number of aromatic hydroxyl groups is 1. The highest BCUT2D eigenvalue weighted by molar-refractivity contribution is 5.92. The van der Waals surface area contributed by atoms with E-state index in [-0.39, 0.29) is 23.5 Å². The molecule has 2 heterocycles. The first-order valence-corrected chi connectivity index (χ1v) is 6.69. The van der Waals surface area contributed by atoms with E-state index < -0.39 is 0 Å². The average Bonchev–Trinajstić information content (AvgIpc) is 2.78. The number of hydrogen-bond acceptors (Lipinski definition) is 4. The smallest absolute Gasteiger partial charge is 0.272 e. The maximum Gasteiger partial charge on any atom is 0.272 e. The Kier molecular flexibility index (Phi) is 4.22. The molecule has 1 N–H and O–H groups in total. The van der Waals surface area contributed by atoms with Gasteiger partial charge >= 0.3 is 0 Å². The van der Waals surface area contributed by atoms with Gasteiger partial charge in [-0.25, -0.2) is 4.98 Å². The van der Waals surface area contributed by atoms with Crippen LogP contribution in [0, 0.1) is 5.92 Å². The van der Waals surface area contributed by atoms with Crippen molar-refractivity contribution in [2.75, 3.05) is 26.7 Å². The van der Waals surface area contributed by atoms with Gasteiger partial charge in [-0.2, -0.15) is 0 Å². The number of likely N-dealkylation sites (tertiary alicyclic amines) is 1. The molecule has 0 radical (unpaired) electrons. The standard InChI is InChI=1S/C14H19N3O3/c1-3-17-9-10(6-13(17)19)8-16(2)14(20)12-5-4-11(18)7-15-12/h4-5,7,10,18H,3,6,8-9H2,1-2H3/t10-/m0/s1. The van der Waals surface area contributed by atoms with E-state index in [0.717, 1.165) is 0 Å². The van der Waals surface area contributed by atoms with E-state index in [4.69, 9.17) is 5.11 Å². The lowest BCUT2D eigenvalue weighted by Crippen LogP contribution is -2.33. The van der Waals surface area contributed by atoms with Gasteiger partial charge < -0.3 is 14.9 Å². The fourth-order valence-corrected chi connectivity index (χ4v) is 2.46. The summed E-state index contributed by atoms with van der Waals surface area (Å²) < 4.78 is 0. The Bertz CT molecular complexity index is 501. The second-order valence-electron chi connectivity index (χ2n) is 5.09. The van der Waals surface area contributed by atoms with Crippen molar-refractivity contribution in [2.45, 2.75) is 13.3 Å². The maximum atomic E-state index is 12.2. The summed E-state index contributed by atoms with van der Waals surface area (Å²) in [5.41, 5.74) is 0.293. The largest absolute Gasteiger partial charge is 0.506 e. The molecule has 20 heavy (non-hydrogen) atoms. The Labute approximate surface area is 118 Å². The van der Waals surface area contributed by atoms with Crippen molar-refractivity contribution in [3.63, 3.8) is 0 Å². The molecule has 0 spiro atoms. The van der Waals surface area contributed by atoms with E-state index in [1.165, 1.54) is 18.3 Å². The van der Waals surface area contributed by atoms with Crippen LogP contribution < -0.4 is 0 Å². The Morgan fingerprint density at radius 2 is 2.30 bits per heavy atom. The van der Waals surface area contributed by atoms with Crippen molar-refractivity contribution in [3.05, 3.63) is 24.0 Å². The molecule has 2 rings (SSSR count). The van der Waals surface area contributed by atoms with Crippen LogP contribution in [0.1, 0.15) is 23.8 Å². The van der Waals surface area contributed by atoms with Gasteiger partial charge in [0.25, 0.3) is 5.91 Å². The first kappa shape index (κ1) is 14.3. The van der Waals surface area contributed by atoms with Crippen LogP contribution in [0.3, 0.4) is 0 Å². The van der Waals surface area contributed by atoms with Gasteiger partial charge in [0.1, 0.15) is 11.4 Å². The van der Waals surface area contributed by atoms with E-state index in [1.807, 2.05) is 11.8 Å². The number of amides is 2. The van der Waals surface area contributed by atoms with Gasteiger partial charge in [-0.05, 0) is 19.1 Å². The van der Waals surface area contributed by atoms with Gasteiger partial charge in [-0.3, -0.25) is 9.59 Å². The van der Waals surface area contributed by atoms with Gasteiger partial charge in [-0.15, -0.1) is 0 Å². The number of aromatic nitrogens is 1. The highest BCUT2D eigenvalue weighted by atomic mass is 16.3. The lowest BCUT2D eigenvalue weighted by atomic mass is 10.1. The summed E-state index contributed by atoms with van der Waals surface area (Å²) in [6, 6.07) is 2.93. The maximum absolute atomic E-state index is 12.2. The zero-order valence-corrected chi connectivity index (χ0v) is 11.7.